The highest BCUT2D eigenvalue weighted by molar-refractivity contribution is 5.59. The van der Waals surface area contributed by atoms with E-state index in [1.807, 2.05) is 0 Å². The Balaban J connectivity index is 2.07. The van der Waals surface area contributed by atoms with Crippen LogP contribution in [0.25, 0.3) is 0 Å². The summed E-state index contributed by atoms with van der Waals surface area (Å²) in [5.74, 6) is 0.580. The van der Waals surface area contributed by atoms with Gasteiger partial charge in [0, 0.05) is 17.8 Å². The Hall–Kier alpha value is -1.02. The number of hydrogen-bond donors (Lipinski definition) is 2. The van der Waals surface area contributed by atoms with Gasteiger partial charge in [0.15, 0.2) is 0 Å². The smallest absolute Gasteiger partial charge is 0.0407 e. The van der Waals surface area contributed by atoms with Gasteiger partial charge in [-0.15, -0.1) is 0 Å². The van der Waals surface area contributed by atoms with Crippen molar-refractivity contribution in [2.24, 2.45) is 0 Å². The summed E-state index contributed by atoms with van der Waals surface area (Å²) < 4.78 is 0. The Morgan fingerprint density at radius 3 is 2.26 bits per heavy atom. The van der Waals surface area contributed by atoms with Gasteiger partial charge in [-0.05, 0) is 56.7 Å². The molecule has 0 atom stereocenters. The van der Waals surface area contributed by atoms with Crippen LogP contribution < -0.4 is 10.6 Å². The van der Waals surface area contributed by atoms with E-state index in [9.17, 15) is 0 Å². The lowest BCUT2D eigenvalue weighted by atomic mass is 9.90. The highest BCUT2D eigenvalue weighted by Gasteiger charge is 2.21. The molecule has 1 aliphatic rings. The molecule has 2 nitrogen and oxygen atoms in total. The monoisotopic (exact) mass is 260 g/mol. The molecule has 0 aromatic heterocycles. The van der Waals surface area contributed by atoms with Gasteiger partial charge in [-0.2, -0.15) is 0 Å². The number of rotatable bonds is 4. The van der Waals surface area contributed by atoms with Crippen molar-refractivity contribution in [1.29, 1.82) is 0 Å². The first kappa shape index (κ1) is 14.4. The van der Waals surface area contributed by atoms with Gasteiger partial charge in [-0.25, -0.2) is 0 Å². The summed E-state index contributed by atoms with van der Waals surface area (Å²) in [6.07, 6.45) is 5.13. The van der Waals surface area contributed by atoms with Crippen LogP contribution in [-0.2, 0) is 0 Å². The zero-order valence-electron chi connectivity index (χ0n) is 12.8. The lowest BCUT2D eigenvalue weighted by molar-refractivity contribution is 0.371. The molecular weight excluding hydrogens is 232 g/mol. The predicted molar refractivity (Wildman–Crippen MR) is 84.0 cm³/mol. The van der Waals surface area contributed by atoms with Crippen LogP contribution in [0, 0.1) is 6.92 Å². The molecule has 0 aliphatic heterocycles. The van der Waals surface area contributed by atoms with Crippen LogP contribution in [0.15, 0.2) is 18.2 Å². The second kappa shape index (κ2) is 6.42. The largest absolute Gasteiger partial charge is 0.382 e. The van der Waals surface area contributed by atoms with Gasteiger partial charge < -0.3 is 10.6 Å². The van der Waals surface area contributed by atoms with E-state index in [4.69, 9.17) is 0 Å². The topological polar surface area (TPSA) is 24.1 Å². The molecule has 0 heterocycles. The average molecular weight is 260 g/mol. The van der Waals surface area contributed by atoms with Crippen molar-refractivity contribution in [3.8, 4) is 0 Å². The molecule has 1 aliphatic carbocycles. The van der Waals surface area contributed by atoms with E-state index < -0.39 is 0 Å². The molecule has 0 amide bonds. The standard InChI is InChI=1S/C17H28N2/c1-12(2)16-7-5-6-13(3)17(16)19-15-10-8-14(18-4)9-11-15/h5-7,12,14-15,18-19H,8-11H2,1-4H3. The second-order valence-electron chi connectivity index (χ2n) is 6.18. The summed E-state index contributed by atoms with van der Waals surface area (Å²) in [4.78, 5) is 0. The number of benzene rings is 1. The van der Waals surface area contributed by atoms with Crippen molar-refractivity contribution in [2.75, 3.05) is 12.4 Å². The summed E-state index contributed by atoms with van der Waals surface area (Å²) in [6, 6.07) is 8.02. The Bertz CT molecular complexity index is 404. The maximum absolute atomic E-state index is 3.82. The van der Waals surface area contributed by atoms with Crippen LogP contribution >= 0.6 is 0 Å². The third kappa shape index (κ3) is 3.50. The van der Waals surface area contributed by atoms with Gasteiger partial charge in [0.25, 0.3) is 0 Å². The van der Waals surface area contributed by atoms with Crippen LogP contribution in [0.2, 0.25) is 0 Å². The lowest BCUT2D eigenvalue weighted by Gasteiger charge is -2.31. The van der Waals surface area contributed by atoms with E-state index in [1.54, 1.807) is 0 Å². The molecule has 0 spiro atoms. The van der Waals surface area contributed by atoms with Crippen LogP contribution in [0.4, 0.5) is 5.69 Å². The van der Waals surface area contributed by atoms with Crippen LogP contribution in [0.3, 0.4) is 0 Å². The van der Waals surface area contributed by atoms with E-state index in [1.165, 1.54) is 42.5 Å². The molecule has 106 valence electrons. The molecule has 19 heavy (non-hydrogen) atoms. The molecule has 1 aromatic rings. The lowest BCUT2D eigenvalue weighted by Crippen LogP contribution is -2.35. The first-order chi connectivity index (χ1) is 9.11. The van der Waals surface area contributed by atoms with Crippen molar-refractivity contribution < 1.29 is 0 Å². The zero-order valence-corrected chi connectivity index (χ0v) is 12.8. The quantitative estimate of drug-likeness (QED) is 0.853. The van der Waals surface area contributed by atoms with Crippen molar-refractivity contribution in [1.82, 2.24) is 5.32 Å². The molecule has 2 N–H and O–H groups in total. The molecule has 0 saturated heterocycles. The average Bonchev–Trinajstić information content (AvgIpc) is 2.41. The molecular formula is C17H28N2. The normalized spacial score (nSPS) is 23.6. The first-order valence-corrected chi connectivity index (χ1v) is 7.65. The minimum Gasteiger partial charge on any atom is -0.382 e. The van der Waals surface area contributed by atoms with Crippen LogP contribution in [0.5, 0.6) is 0 Å². The van der Waals surface area contributed by atoms with Gasteiger partial charge in [0.2, 0.25) is 0 Å². The van der Waals surface area contributed by atoms with E-state index in [-0.39, 0.29) is 0 Å². The van der Waals surface area contributed by atoms with Gasteiger partial charge in [-0.3, -0.25) is 0 Å². The van der Waals surface area contributed by atoms with Crippen LogP contribution in [-0.4, -0.2) is 19.1 Å². The molecule has 1 aromatic carbocycles. The highest BCUT2D eigenvalue weighted by atomic mass is 14.9. The van der Waals surface area contributed by atoms with Crippen molar-refractivity contribution >= 4 is 5.69 Å². The molecule has 1 fully saturated rings. The van der Waals surface area contributed by atoms with Gasteiger partial charge in [0.05, 0.1) is 0 Å². The summed E-state index contributed by atoms with van der Waals surface area (Å²) in [5.41, 5.74) is 4.21. The number of nitrogens with one attached hydrogen (secondary N) is 2. The summed E-state index contributed by atoms with van der Waals surface area (Å²) in [6.45, 7) is 6.77. The molecule has 1 saturated carbocycles. The van der Waals surface area contributed by atoms with E-state index >= 15 is 0 Å². The molecule has 0 unspecified atom stereocenters. The maximum Gasteiger partial charge on any atom is 0.0407 e. The molecule has 2 heteroatoms. The summed E-state index contributed by atoms with van der Waals surface area (Å²) in [5, 5.41) is 7.22. The van der Waals surface area contributed by atoms with Crippen LogP contribution in [0.1, 0.15) is 56.6 Å². The minimum absolute atomic E-state index is 0.580. The fourth-order valence-electron chi connectivity index (χ4n) is 3.10. The number of aryl methyl sites for hydroxylation is 1. The van der Waals surface area contributed by atoms with Crippen molar-refractivity contribution in [2.45, 2.75) is 64.5 Å². The van der Waals surface area contributed by atoms with Crippen molar-refractivity contribution in [3.63, 3.8) is 0 Å². The fraction of sp³-hybridized carbons (Fsp3) is 0.647. The summed E-state index contributed by atoms with van der Waals surface area (Å²) >= 11 is 0. The molecule has 0 bridgehead atoms. The number of anilines is 1. The zero-order chi connectivity index (χ0) is 13.8. The van der Waals surface area contributed by atoms with Gasteiger partial charge in [-0.1, -0.05) is 32.0 Å². The molecule has 2 rings (SSSR count). The Kier molecular flexibility index (Phi) is 4.87. The first-order valence-electron chi connectivity index (χ1n) is 7.65. The molecule has 0 radical (unpaired) electrons. The number of hydrogen-bond acceptors (Lipinski definition) is 2. The highest BCUT2D eigenvalue weighted by Crippen LogP contribution is 2.30. The van der Waals surface area contributed by atoms with E-state index in [0.717, 1.165) is 6.04 Å². The van der Waals surface area contributed by atoms with E-state index in [2.05, 4.69) is 56.7 Å². The third-order valence-electron chi connectivity index (χ3n) is 4.41. The maximum atomic E-state index is 3.82. The Labute approximate surface area is 118 Å². The minimum atomic E-state index is 0.580. The second-order valence-corrected chi connectivity index (χ2v) is 6.18. The Morgan fingerprint density at radius 1 is 1.05 bits per heavy atom. The van der Waals surface area contributed by atoms with E-state index in [0.29, 0.717) is 12.0 Å². The summed E-state index contributed by atoms with van der Waals surface area (Å²) in [7, 11) is 2.08. The number of para-hydroxylation sites is 1. The fourth-order valence-corrected chi connectivity index (χ4v) is 3.10. The third-order valence-corrected chi connectivity index (χ3v) is 4.41. The SMILES string of the molecule is CNC1CCC(Nc2c(C)cccc2C(C)C)CC1. The van der Waals surface area contributed by atoms with Gasteiger partial charge in [0.1, 0.15) is 0 Å². The van der Waals surface area contributed by atoms with Crippen molar-refractivity contribution in [3.05, 3.63) is 29.3 Å². The predicted octanol–water partition coefficient (Wildman–Crippen LogP) is 4.06. The Morgan fingerprint density at radius 2 is 1.68 bits per heavy atom. The van der Waals surface area contributed by atoms with Gasteiger partial charge >= 0.3 is 0 Å².